The van der Waals surface area contributed by atoms with Gasteiger partial charge in [-0.15, -0.1) is 0 Å². The van der Waals surface area contributed by atoms with Crippen molar-refractivity contribution in [1.82, 2.24) is 0 Å². The van der Waals surface area contributed by atoms with Crippen molar-refractivity contribution in [2.75, 3.05) is 6.79 Å². The third-order valence-electron chi connectivity index (χ3n) is 6.16. The van der Waals surface area contributed by atoms with Crippen LogP contribution in [-0.2, 0) is 31.2 Å². The summed E-state index contributed by atoms with van der Waals surface area (Å²) in [5, 5.41) is 11.1. The van der Waals surface area contributed by atoms with Gasteiger partial charge in [0.15, 0.2) is 0 Å². The summed E-state index contributed by atoms with van der Waals surface area (Å²) in [4.78, 5) is 11.3. The molecule has 0 amide bonds. The van der Waals surface area contributed by atoms with Gasteiger partial charge in [0.2, 0.25) is 6.79 Å². The molecule has 0 heterocycles. The number of hydrogen-bond acceptors (Lipinski definition) is 6. The van der Waals surface area contributed by atoms with Crippen molar-refractivity contribution in [2.24, 2.45) is 0 Å². The maximum atomic E-state index is 14.0. The van der Waals surface area contributed by atoms with Crippen molar-refractivity contribution < 1.29 is 28.3 Å². The molecule has 7 heteroatoms. The molecule has 1 N–H and O–H groups in total. The van der Waals surface area contributed by atoms with Gasteiger partial charge in [-0.05, 0) is 62.3 Å². The lowest BCUT2D eigenvalue weighted by molar-refractivity contribution is -0.147. The number of rotatable bonds is 12. The van der Waals surface area contributed by atoms with Crippen LogP contribution in [0.2, 0.25) is 0 Å². The number of allylic oxidation sites excluding steroid dienone is 2. The Morgan fingerprint density at radius 3 is 2.60 bits per heavy atom. The molecule has 2 aromatic rings. The molecule has 35 heavy (non-hydrogen) atoms. The van der Waals surface area contributed by atoms with Gasteiger partial charge in [-0.25, -0.2) is 4.57 Å². The molecule has 6 nitrogen and oxygen atoms in total. The molecule has 0 aromatic heterocycles. The summed E-state index contributed by atoms with van der Waals surface area (Å²) in [5.41, 5.74) is 3.60. The van der Waals surface area contributed by atoms with E-state index in [0.29, 0.717) is 11.3 Å². The van der Waals surface area contributed by atoms with E-state index in [9.17, 15) is 14.5 Å². The van der Waals surface area contributed by atoms with Crippen LogP contribution in [0, 0.1) is 0 Å². The predicted octanol–water partition coefficient (Wildman–Crippen LogP) is 7.65. The minimum atomic E-state index is -3.79. The number of carbonyl (C=O) groups excluding carboxylic acids is 1. The van der Waals surface area contributed by atoms with Crippen molar-refractivity contribution in [2.45, 2.75) is 77.8 Å². The molecule has 0 saturated carbocycles. The number of aryl methyl sites for hydroxylation is 1. The topological polar surface area (TPSA) is 82.1 Å². The van der Waals surface area contributed by atoms with E-state index < -0.39 is 20.4 Å². The zero-order valence-electron chi connectivity index (χ0n) is 21.0. The van der Waals surface area contributed by atoms with Crippen LogP contribution < -0.4 is 4.52 Å². The molecule has 0 aliphatic heterocycles. The van der Waals surface area contributed by atoms with E-state index in [-0.39, 0.29) is 17.8 Å². The number of aromatic hydroxyl groups is 1. The van der Waals surface area contributed by atoms with E-state index in [1.165, 1.54) is 12.5 Å². The smallest absolute Gasteiger partial charge is 0.386 e. The zero-order valence-corrected chi connectivity index (χ0v) is 21.9. The lowest BCUT2D eigenvalue weighted by Crippen LogP contribution is -2.10. The van der Waals surface area contributed by atoms with E-state index >= 15 is 0 Å². The second-order valence-corrected chi connectivity index (χ2v) is 11.2. The Morgan fingerprint density at radius 1 is 1.14 bits per heavy atom. The molecule has 3 rings (SSSR count). The molecule has 0 bridgehead atoms. The van der Waals surface area contributed by atoms with Crippen LogP contribution in [0.4, 0.5) is 0 Å². The fraction of sp³-hybridized carbons (Fsp3) is 0.464. The van der Waals surface area contributed by atoms with Gasteiger partial charge in [-0.3, -0.25) is 9.32 Å². The Balaban J connectivity index is 1.99. The van der Waals surface area contributed by atoms with Gasteiger partial charge in [-0.1, -0.05) is 61.7 Å². The third kappa shape index (κ3) is 8.26. The summed E-state index contributed by atoms with van der Waals surface area (Å²) in [6, 6.07) is 13.0. The Labute approximate surface area is 208 Å². The minimum absolute atomic E-state index is 0.00883. The first-order valence-corrected chi connectivity index (χ1v) is 14.2. The molecule has 2 atom stereocenters. The summed E-state index contributed by atoms with van der Waals surface area (Å²) < 4.78 is 30.7. The number of esters is 1. The van der Waals surface area contributed by atoms with Gasteiger partial charge >= 0.3 is 13.6 Å². The number of unbranched alkanes of at least 4 members (excludes halogenated alkanes) is 2. The number of ether oxygens (including phenoxy) is 1. The quantitative estimate of drug-likeness (QED) is 0.106. The van der Waals surface area contributed by atoms with E-state index in [2.05, 4.69) is 19.9 Å². The van der Waals surface area contributed by atoms with Gasteiger partial charge in [0.1, 0.15) is 11.5 Å². The van der Waals surface area contributed by atoms with Crippen LogP contribution in [-0.4, -0.2) is 17.9 Å². The molecular formula is C28H37O6P. The van der Waals surface area contributed by atoms with Gasteiger partial charge in [-0.2, -0.15) is 0 Å². The monoisotopic (exact) mass is 500 g/mol. The van der Waals surface area contributed by atoms with Crippen molar-refractivity contribution >= 4 is 13.6 Å². The van der Waals surface area contributed by atoms with E-state index in [1.54, 1.807) is 6.07 Å². The van der Waals surface area contributed by atoms with Crippen LogP contribution in [0.5, 0.6) is 11.5 Å². The van der Waals surface area contributed by atoms with E-state index in [1.807, 2.05) is 36.4 Å². The van der Waals surface area contributed by atoms with Crippen LogP contribution in [0.25, 0.3) is 0 Å². The molecule has 1 aliphatic carbocycles. The summed E-state index contributed by atoms with van der Waals surface area (Å²) in [6.07, 6.45) is 9.02. The second kappa shape index (κ2) is 12.9. The Morgan fingerprint density at radius 2 is 1.91 bits per heavy atom. The van der Waals surface area contributed by atoms with E-state index in [4.69, 9.17) is 13.8 Å². The Kier molecular flexibility index (Phi) is 10.00. The van der Waals surface area contributed by atoms with Crippen LogP contribution in [0.15, 0.2) is 54.1 Å². The molecule has 1 aliphatic rings. The molecular weight excluding hydrogens is 463 g/mol. The Hall–Kier alpha value is -2.56. The van der Waals surface area contributed by atoms with Gasteiger partial charge in [0, 0.05) is 18.4 Å². The van der Waals surface area contributed by atoms with Crippen LogP contribution in [0.3, 0.4) is 0 Å². The summed E-state index contributed by atoms with van der Waals surface area (Å²) in [7, 11) is -3.79. The summed E-state index contributed by atoms with van der Waals surface area (Å²) >= 11 is 0. The number of phenols is 1. The lowest BCUT2D eigenvalue weighted by atomic mass is 9.84. The van der Waals surface area contributed by atoms with Crippen LogP contribution >= 0.6 is 7.60 Å². The van der Waals surface area contributed by atoms with Crippen molar-refractivity contribution in [3.63, 3.8) is 0 Å². The highest BCUT2D eigenvalue weighted by Gasteiger charge is 2.31. The number of phenolic OH excluding ortho intramolecular Hbond substituents is 1. The SMILES string of the molecule is CCCCCc1cc(O)c(C2C=C(C)CCC2)c(OP(=O)(Cc2ccccc2)OCOC(C)=O)c1. The first-order chi connectivity index (χ1) is 16.8. The molecule has 0 spiro atoms. The lowest BCUT2D eigenvalue weighted by Gasteiger charge is -2.26. The van der Waals surface area contributed by atoms with Crippen molar-refractivity contribution in [1.29, 1.82) is 0 Å². The highest BCUT2D eigenvalue weighted by atomic mass is 31.2. The average Bonchev–Trinajstić information content (AvgIpc) is 2.79. The summed E-state index contributed by atoms with van der Waals surface area (Å²) in [5.74, 6) is -0.0526. The largest absolute Gasteiger partial charge is 0.507 e. The standard InChI is InChI=1S/C28H37O6P/c1-4-5-7-14-24-17-26(30)28(25-15-10-11-21(2)16-25)27(18-24)34-35(31,33-20-32-22(3)29)19-23-12-8-6-9-13-23/h6,8-9,12-13,16-18,25,30H,4-5,7,10-11,14-15,19-20H2,1-3H3. The fourth-order valence-corrected chi connectivity index (χ4v) is 5.96. The second-order valence-electron chi connectivity index (χ2n) is 9.22. The third-order valence-corrected chi connectivity index (χ3v) is 7.89. The number of benzene rings is 2. The predicted molar refractivity (Wildman–Crippen MR) is 138 cm³/mol. The molecule has 2 unspecified atom stereocenters. The van der Waals surface area contributed by atoms with E-state index in [0.717, 1.165) is 56.1 Å². The maximum absolute atomic E-state index is 14.0. The number of hydrogen-bond donors (Lipinski definition) is 1. The van der Waals surface area contributed by atoms with Crippen LogP contribution in [0.1, 0.15) is 81.9 Å². The van der Waals surface area contributed by atoms with Gasteiger partial charge in [0.25, 0.3) is 0 Å². The van der Waals surface area contributed by atoms with Crippen molar-refractivity contribution in [3.05, 3.63) is 70.8 Å². The van der Waals surface area contributed by atoms with Gasteiger partial charge in [0.05, 0.1) is 6.16 Å². The first kappa shape index (κ1) is 27.0. The fourth-order valence-electron chi connectivity index (χ4n) is 4.43. The highest BCUT2D eigenvalue weighted by Crippen LogP contribution is 2.54. The molecule has 0 saturated heterocycles. The first-order valence-electron chi connectivity index (χ1n) is 12.4. The molecule has 0 fully saturated rings. The van der Waals surface area contributed by atoms with Crippen molar-refractivity contribution in [3.8, 4) is 11.5 Å². The van der Waals surface area contributed by atoms with Gasteiger partial charge < -0.3 is 14.4 Å². The number of carbonyl (C=O) groups is 1. The summed E-state index contributed by atoms with van der Waals surface area (Å²) in [6.45, 7) is 5.03. The molecule has 0 radical (unpaired) electrons. The minimum Gasteiger partial charge on any atom is -0.507 e. The average molecular weight is 501 g/mol. The molecule has 190 valence electrons. The Bertz CT molecular complexity index is 1060. The zero-order chi connectivity index (χ0) is 25.3. The maximum Gasteiger partial charge on any atom is 0.386 e. The normalized spacial score (nSPS) is 17.3. The highest BCUT2D eigenvalue weighted by molar-refractivity contribution is 7.53. The molecule has 2 aromatic carbocycles.